The molecule has 0 aliphatic carbocycles. The van der Waals surface area contributed by atoms with Crippen molar-refractivity contribution in [1.82, 2.24) is 4.57 Å². The van der Waals surface area contributed by atoms with Gasteiger partial charge >= 0.3 is 0 Å². The Labute approximate surface area is 154 Å². The third-order valence-electron chi connectivity index (χ3n) is 4.43. The Bertz CT molecular complexity index is 982. The lowest BCUT2D eigenvalue weighted by atomic mass is 9.96. The molecule has 0 atom stereocenters. The van der Waals surface area contributed by atoms with Crippen LogP contribution in [-0.2, 0) is 18.4 Å². The topological polar surface area (TPSA) is 40.5 Å². The quantitative estimate of drug-likeness (QED) is 0.693. The summed E-state index contributed by atoms with van der Waals surface area (Å²) in [7, 11) is 3.44. The van der Waals surface area contributed by atoms with Gasteiger partial charge in [0.05, 0.1) is 25.0 Å². The van der Waals surface area contributed by atoms with E-state index < -0.39 is 0 Å². The molecule has 0 aliphatic heterocycles. The van der Waals surface area contributed by atoms with Crippen molar-refractivity contribution < 1.29 is 9.47 Å². The molecule has 0 spiro atoms. The van der Waals surface area contributed by atoms with Crippen molar-refractivity contribution in [2.45, 2.75) is 33.0 Å². The van der Waals surface area contributed by atoms with Crippen molar-refractivity contribution in [3.63, 3.8) is 0 Å². The molecule has 1 aromatic heterocycles. The van der Waals surface area contributed by atoms with Crippen molar-refractivity contribution in [1.29, 1.82) is 0 Å². The van der Waals surface area contributed by atoms with Crippen LogP contribution in [-0.4, -0.2) is 17.3 Å². The summed E-state index contributed by atoms with van der Waals surface area (Å²) in [5.41, 5.74) is 2.58. The fourth-order valence-corrected chi connectivity index (χ4v) is 3.05. The van der Waals surface area contributed by atoms with Gasteiger partial charge in [-0.15, -0.1) is 0 Å². The second-order valence-corrected chi connectivity index (χ2v) is 7.36. The van der Waals surface area contributed by atoms with Crippen LogP contribution in [0.5, 0.6) is 5.75 Å². The molecule has 2 aromatic carbocycles. The van der Waals surface area contributed by atoms with Gasteiger partial charge in [-0.3, -0.25) is 4.79 Å². The van der Waals surface area contributed by atoms with Crippen LogP contribution in [0.4, 0.5) is 0 Å². The van der Waals surface area contributed by atoms with Crippen molar-refractivity contribution in [3.8, 4) is 16.9 Å². The summed E-state index contributed by atoms with van der Waals surface area (Å²) >= 11 is 0. The van der Waals surface area contributed by atoms with Gasteiger partial charge in [0.1, 0.15) is 5.75 Å². The minimum absolute atomic E-state index is 0.0326. The molecular formula is C22H25NO3. The molecule has 0 aliphatic rings. The minimum Gasteiger partial charge on any atom is -0.497 e. The monoisotopic (exact) mass is 351 g/mol. The Hall–Kier alpha value is -2.59. The first-order valence-electron chi connectivity index (χ1n) is 8.71. The molecule has 0 radical (unpaired) electrons. The third kappa shape index (κ3) is 3.51. The second-order valence-electron chi connectivity index (χ2n) is 7.36. The van der Waals surface area contributed by atoms with Gasteiger partial charge in [0.2, 0.25) is 0 Å². The van der Waals surface area contributed by atoms with E-state index >= 15 is 0 Å². The molecular weight excluding hydrogens is 326 g/mol. The predicted molar refractivity (Wildman–Crippen MR) is 106 cm³/mol. The molecule has 0 saturated heterocycles. The van der Waals surface area contributed by atoms with Crippen LogP contribution in [0.15, 0.2) is 53.3 Å². The van der Waals surface area contributed by atoms with E-state index in [-0.39, 0.29) is 11.2 Å². The van der Waals surface area contributed by atoms with E-state index in [1.807, 2.05) is 57.2 Å². The lowest BCUT2D eigenvalue weighted by molar-refractivity contribution is -0.0174. The largest absolute Gasteiger partial charge is 0.497 e. The van der Waals surface area contributed by atoms with Gasteiger partial charge in [-0.05, 0) is 44.5 Å². The highest BCUT2D eigenvalue weighted by Gasteiger charge is 2.19. The molecule has 0 unspecified atom stereocenters. The van der Waals surface area contributed by atoms with Crippen molar-refractivity contribution in [3.05, 3.63) is 64.6 Å². The van der Waals surface area contributed by atoms with E-state index in [0.29, 0.717) is 12.0 Å². The van der Waals surface area contributed by atoms with E-state index in [0.717, 1.165) is 28.0 Å². The van der Waals surface area contributed by atoms with Crippen LogP contribution in [0.3, 0.4) is 0 Å². The maximum Gasteiger partial charge on any atom is 0.258 e. The first-order chi connectivity index (χ1) is 12.3. The standard InChI is InChI=1S/C22H25NO3/c1-22(2,3)26-14-19-20(15-9-7-6-8-10-15)18-13-16(25-5)11-12-17(18)21(24)23(19)4/h6-13H,14H2,1-5H3. The molecule has 26 heavy (non-hydrogen) atoms. The van der Waals surface area contributed by atoms with E-state index in [4.69, 9.17) is 9.47 Å². The van der Waals surface area contributed by atoms with Crippen molar-refractivity contribution in [2.75, 3.05) is 7.11 Å². The van der Waals surface area contributed by atoms with E-state index in [1.165, 1.54) is 0 Å². The fraction of sp³-hybridized carbons (Fsp3) is 0.318. The van der Waals surface area contributed by atoms with Gasteiger partial charge in [-0.25, -0.2) is 0 Å². The number of benzene rings is 2. The first-order valence-corrected chi connectivity index (χ1v) is 8.71. The maximum atomic E-state index is 12.9. The molecule has 0 fully saturated rings. The highest BCUT2D eigenvalue weighted by Crippen LogP contribution is 2.33. The van der Waals surface area contributed by atoms with E-state index in [2.05, 4.69) is 12.1 Å². The van der Waals surface area contributed by atoms with Crippen LogP contribution < -0.4 is 10.3 Å². The average Bonchev–Trinajstić information content (AvgIpc) is 2.63. The number of methoxy groups -OCH3 is 1. The Kier molecular flexibility index (Phi) is 4.88. The molecule has 0 saturated carbocycles. The molecule has 0 bridgehead atoms. The average molecular weight is 351 g/mol. The molecule has 1 heterocycles. The van der Waals surface area contributed by atoms with Crippen molar-refractivity contribution in [2.24, 2.45) is 7.05 Å². The Balaban J connectivity index is 2.36. The van der Waals surface area contributed by atoms with Gasteiger partial charge in [-0.1, -0.05) is 30.3 Å². The highest BCUT2D eigenvalue weighted by atomic mass is 16.5. The third-order valence-corrected chi connectivity index (χ3v) is 4.43. The lowest BCUT2D eigenvalue weighted by Gasteiger charge is -2.23. The smallest absolute Gasteiger partial charge is 0.258 e. The van der Waals surface area contributed by atoms with E-state index in [9.17, 15) is 4.79 Å². The summed E-state index contributed by atoms with van der Waals surface area (Å²) < 4.78 is 13.1. The van der Waals surface area contributed by atoms with Gasteiger partial charge in [0.25, 0.3) is 5.56 Å². The van der Waals surface area contributed by atoms with E-state index in [1.54, 1.807) is 18.7 Å². The number of hydrogen-bond donors (Lipinski definition) is 0. The number of ether oxygens (including phenoxy) is 2. The summed E-state index contributed by atoms with van der Waals surface area (Å²) in [5.74, 6) is 0.727. The highest BCUT2D eigenvalue weighted by molar-refractivity contribution is 5.98. The molecule has 4 heteroatoms. The number of aromatic nitrogens is 1. The molecule has 0 amide bonds. The van der Waals surface area contributed by atoms with Crippen molar-refractivity contribution >= 4 is 10.8 Å². The van der Waals surface area contributed by atoms with Crippen LogP contribution in [0.2, 0.25) is 0 Å². The summed E-state index contributed by atoms with van der Waals surface area (Å²) in [5, 5.41) is 1.55. The molecule has 3 rings (SSSR count). The fourth-order valence-electron chi connectivity index (χ4n) is 3.05. The van der Waals surface area contributed by atoms with Crippen LogP contribution in [0, 0.1) is 0 Å². The zero-order chi connectivity index (χ0) is 18.9. The zero-order valence-electron chi connectivity index (χ0n) is 16.0. The maximum absolute atomic E-state index is 12.9. The number of fused-ring (bicyclic) bond motifs is 1. The summed E-state index contributed by atoms with van der Waals surface area (Å²) in [6, 6.07) is 15.7. The van der Waals surface area contributed by atoms with Gasteiger partial charge in [0.15, 0.2) is 0 Å². The predicted octanol–water partition coefficient (Wildman–Crippen LogP) is 4.53. The van der Waals surface area contributed by atoms with Gasteiger partial charge in [-0.2, -0.15) is 0 Å². The van der Waals surface area contributed by atoms with Crippen LogP contribution >= 0.6 is 0 Å². The Morgan fingerprint density at radius 2 is 1.69 bits per heavy atom. The van der Waals surface area contributed by atoms with Gasteiger partial charge in [0, 0.05) is 23.4 Å². The Morgan fingerprint density at radius 3 is 2.31 bits per heavy atom. The molecule has 4 nitrogen and oxygen atoms in total. The minimum atomic E-state index is -0.298. The summed E-state index contributed by atoms with van der Waals surface area (Å²) in [4.78, 5) is 12.9. The molecule has 0 N–H and O–H groups in total. The molecule has 3 aromatic rings. The lowest BCUT2D eigenvalue weighted by Crippen LogP contribution is -2.25. The number of pyridine rings is 1. The number of nitrogens with zero attached hydrogens (tertiary/aromatic N) is 1. The normalized spacial score (nSPS) is 11.7. The van der Waals surface area contributed by atoms with Crippen LogP contribution in [0.25, 0.3) is 21.9 Å². The summed E-state index contributed by atoms with van der Waals surface area (Å²) in [6.07, 6.45) is 0. The summed E-state index contributed by atoms with van der Waals surface area (Å²) in [6.45, 7) is 6.39. The Morgan fingerprint density at radius 1 is 1.00 bits per heavy atom. The first kappa shape index (κ1) is 18.2. The van der Waals surface area contributed by atoms with Gasteiger partial charge < -0.3 is 14.0 Å². The zero-order valence-corrected chi connectivity index (χ0v) is 16.0. The number of rotatable bonds is 4. The van der Waals surface area contributed by atoms with Crippen LogP contribution in [0.1, 0.15) is 26.5 Å². The second kappa shape index (κ2) is 6.96. The molecule has 136 valence electrons. The number of hydrogen-bond acceptors (Lipinski definition) is 3. The SMILES string of the molecule is COc1ccc2c(=O)n(C)c(COC(C)(C)C)c(-c3ccccc3)c2c1.